The molecule has 0 saturated carbocycles. The summed E-state index contributed by atoms with van der Waals surface area (Å²) in [5.74, 6) is 0.708. The van der Waals surface area contributed by atoms with Gasteiger partial charge in [0.25, 0.3) is 0 Å². The monoisotopic (exact) mass is 202 g/mol. The fraction of sp³-hybridized carbons (Fsp3) is 0.250. The molecule has 2 heterocycles. The Hall–Kier alpha value is -1.77. The average molecular weight is 202 g/mol. The molecule has 0 spiro atoms. The van der Waals surface area contributed by atoms with E-state index in [0.717, 1.165) is 24.3 Å². The van der Waals surface area contributed by atoms with Gasteiger partial charge in [0, 0.05) is 6.42 Å². The van der Waals surface area contributed by atoms with Crippen LogP contribution in [0.15, 0.2) is 24.3 Å². The fourth-order valence-electron chi connectivity index (χ4n) is 1.95. The van der Waals surface area contributed by atoms with Crippen LogP contribution in [0.25, 0.3) is 5.57 Å². The van der Waals surface area contributed by atoms with E-state index in [1.54, 1.807) is 0 Å². The van der Waals surface area contributed by atoms with Gasteiger partial charge >= 0.3 is 5.97 Å². The molecular formula is C12H10O3. The summed E-state index contributed by atoms with van der Waals surface area (Å²) in [6.07, 6.45) is 2.74. The Balaban J connectivity index is 2.03. The third-order valence-electron chi connectivity index (χ3n) is 2.72. The molecule has 1 aromatic rings. The highest BCUT2D eigenvalue weighted by Crippen LogP contribution is 2.29. The lowest BCUT2D eigenvalue weighted by Crippen LogP contribution is -1.98. The van der Waals surface area contributed by atoms with Gasteiger partial charge in [-0.25, -0.2) is 4.79 Å². The Kier molecular flexibility index (Phi) is 1.78. The lowest BCUT2D eigenvalue weighted by Gasteiger charge is -2.03. The number of esters is 1. The number of fused-ring (bicyclic) bond motifs is 1. The summed E-state index contributed by atoms with van der Waals surface area (Å²) in [5, 5.41) is 0. The van der Waals surface area contributed by atoms with E-state index in [4.69, 9.17) is 9.47 Å². The Morgan fingerprint density at radius 2 is 2.13 bits per heavy atom. The number of benzene rings is 1. The van der Waals surface area contributed by atoms with Crippen molar-refractivity contribution in [2.75, 3.05) is 13.2 Å². The molecule has 15 heavy (non-hydrogen) atoms. The maximum atomic E-state index is 11.4. The van der Waals surface area contributed by atoms with E-state index in [-0.39, 0.29) is 5.97 Å². The second-order valence-electron chi connectivity index (χ2n) is 3.64. The fourth-order valence-corrected chi connectivity index (χ4v) is 1.95. The van der Waals surface area contributed by atoms with E-state index < -0.39 is 0 Å². The summed E-state index contributed by atoms with van der Waals surface area (Å²) in [4.78, 5) is 11.4. The van der Waals surface area contributed by atoms with Gasteiger partial charge in [-0.2, -0.15) is 0 Å². The first-order chi connectivity index (χ1) is 7.34. The van der Waals surface area contributed by atoms with Crippen molar-refractivity contribution in [2.24, 2.45) is 0 Å². The zero-order valence-electron chi connectivity index (χ0n) is 8.16. The van der Waals surface area contributed by atoms with Crippen molar-refractivity contribution in [1.82, 2.24) is 0 Å². The van der Waals surface area contributed by atoms with Gasteiger partial charge < -0.3 is 9.47 Å². The summed E-state index contributed by atoms with van der Waals surface area (Å²) in [6, 6.07) is 5.84. The van der Waals surface area contributed by atoms with E-state index in [1.165, 1.54) is 5.56 Å². The predicted molar refractivity (Wildman–Crippen MR) is 54.6 cm³/mol. The Morgan fingerprint density at radius 1 is 1.20 bits per heavy atom. The highest BCUT2D eigenvalue weighted by molar-refractivity contribution is 6.18. The number of rotatable bonds is 1. The minimum absolute atomic E-state index is 0.228. The van der Waals surface area contributed by atoms with Gasteiger partial charge in [-0.1, -0.05) is 6.07 Å². The Labute approximate surface area is 87.3 Å². The molecule has 0 atom stereocenters. The first-order valence-electron chi connectivity index (χ1n) is 4.98. The van der Waals surface area contributed by atoms with Crippen molar-refractivity contribution in [3.63, 3.8) is 0 Å². The molecule has 0 saturated heterocycles. The summed E-state index contributed by atoms with van der Waals surface area (Å²) in [7, 11) is 0. The Morgan fingerprint density at radius 3 is 2.93 bits per heavy atom. The van der Waals surface area contributed by atoms with E-state index in [0.29, 0.717) is 12.2 Å². The average Bonchev–Trinajstić information content (AvgIpc) is 2.84. The normalized spacial score (nSPS) is 18.1. The van der Waals surface area contributed by atoms with E-state index in [1.807, 2.05) is 24.3 Å². The standard InChI is InChI=1S/C12H10O3/c13-12-10(4-6-15-12)8-1-2-11-9(7-8)3-5-14-11/h1-2,4,7H,3,5-6H2. The van der Waals surface area contributed by atoms with Crippen molar-refractivity contribution in [3.05, 3.63) is 35.4 Å². The molecule has 2 aliphatic heterocycles. The van der Waals surface area contributed by atoms with Crippen LogP contribution in [-0.4, -0.2) is 19.2 Å². The molecule has 0 aliphatic carbocycles. The number of hydrogen-bond donors (Lipinski definition) is 0. The van der Waals surface area contributed by atoms with Gasteiger partial charge in [-0.3, -0.25) is 0 Å². The van der Waals surface area contributed by atoms with Crippen LogP contribution in [0, 0.1) is 0 Å². The number of hydrogen-bond acceptors (Lipinski definition) is 3. The lowest BCUT2D eigenvalue weighted by molar-refractivity contribution is -0.133. The van der Waals surface area contributed by atoms with Crippen molar-refractivity contribution in [3.8, 4) is 5.75 Å². The molecule has 1 aromatic carbocycles. The molecule has 3 nitrogen and oxygen atoms in total. The maximum absolute atomic E-state index is 11.4. The smallest absolute Gasteiger partial charge is 0.338 e. The number of cyclic esters (lactones) is 1. The van der Waals surface area contributed by atoms with Gasteiger partial charge in [-0.05, 0) is 29.3 Å². The Bertz CT molecular complexity index is 460. The van der Waals surface area contributed by atoms with Gasteiger partial charge in [0.15, 0.2) is 0 Å². The van der Waals surface area contributed by atoms with E-state index in [2.05, 4.69) is 0 Å². The molecule has 3 heteroatoms. The second-order valence-corrected chi connectivity index (χ2v) is 3.64. The number of carbonyl (C=O) groups is 1. The molecule has 0 unspecified atom stereocenters. The van der Waals surface area contributed by atoms with Gasteiger partial charge in [0.05, 0.1) is 12.2 Å². The number of ether oxygens (including phenoxy) is 2. The molecule has 76 valence electrons. The van der Waals surface area contributed by atoms with Crippen LogP contribution < -0.4 is 4.74 Å². The minimum Gasteiger partial charge on any atom is -0.493 e. The van der Waals surface area contributed by atoms with E-state index in [9.17, 15) is 4.79 Å². The van der Waals surface area contributed by atoms with Crippen LogP contribution in [0.5, 0.6) is 5.75 Å². The van der Waals surface area contributed by atoms with Crippen LogP contribution in [0.2, 0.25) is 0 Å². The minimum atomic E-state index is -0.228. The highest BCUT2D eigenvalue weighted by Gasteiger charge is 2.20. The van der Waals surface area contributed by atoms with Gasteiger partial charge in [-0.15, -0.1) is 0 Å². The van der Waals surface area contributed by atoms with Crippen LogP contribution in [0.4, 0.5) is 0 Å². The van der Waals surface area contributed by atoms with Crippen molar-refractivity contribution in [1.29, 1.82) is 0 Å². The third-order valence-corrected chi connectivity index (χ3v) is 2.72. The molecule has 0 fully saturated rings. The van der Waals surface area contributed by atoms with Gasteiger partial charge in [0.2, 0.25) is 0 Å². The predicted octanol–water partition coefficient (Wildman–Crippen LogP) is 1.56. The zero-order chi connectivity index (χ0) is 10.3. The molecule has 3 rings (SSSR count). The molecule has 0 aromatic heterocycles. The largest absolute Gasteiger partial charge is 0.493 e. The molecule has 2 aliphatic rings. The van der Waals surface area contributed by atoms with E-state index >= 15 is 0 Å². The summed E-state index contributed by atoms with van der Waals surface area (Å²) in [5.41, 5.74) is 2.78. The topological polar surface area (TPSA) is 35.5 Å². The number of carbonyl (C=O) groups excluding carboxylic acids is 1. The first kappa shape index (κ1) is 8.53. The van der Waals surface area contributed by atoms with Crippen molar-refractivity contribution >= 4 is 11.5 Å². The molecule has 0 amide bonds. The van der Waals surface area contributed by atoms with Crippen LogP contribution >= 0.6 is 0 Å². The third kappa shape index (κ3) is 1.31. The van der Waals surface area contributed by atoms with Gasteiger partial charge in [0.1, 0.15) is 12.4 Å². The quantitative estimate of drug-likeness (QED) is 0.648. The zero-order valence-corrected chi connectivity index (χ0v) is 8.16. The highest BCUT2D eigenvalue weighted by atomic mass is 16.5. The van der Waals surface area contributed by atoms with Crippen LogP contribution in [-0.2, 0) is 16.0 Å². The maximum Gasteiger partial charge on any atom is 0.338 e. The summed E-state index contributed by atoms with van der Waals surface area (Å²) in [6.45, 7) is 1.13. The summed E-state index contributed by atoms with van der Waals surface area (Å²) >= 11 is 0. The molecular weight excluding hydrogens is 192 g/mol. The molecule has 0 radical (unpaired) electrons. The van der Waals surface area contributed by atoms with Crippen LogP contribution in [0.3, 0.4) is 0 Å². The first-order valence-corrected chi connectivity index (χ1v) is 4.98. The van der Waals surface area contributed by atoms with Crippen LogP contribution in [0.1, 0.15) is 11.1 Å². The van der Waals surface area contributed by atoms with Crippen molar-refractivity contribution in [2.45, 2.75) is 6.42 Å². The lowest BCUT2D eigenvalue weighted by atomic mass is 10.0. The molecule has 0 bridgehead atoms. The van der Waals surface area contributed by atoms with Crippen molar-refractivity contribution < 1.29 is 14.3 Å². The summed E-state index contributed by atoms with van der Waals surface area (Å²) < 4.78 is 10.3. The molecule has 0 N–H and O–H groups in total. The SMILES string of the molecule is O=C1OCC=C1c1ccc2c(c1)CCO2. The second kappa shape index (κ2) is 3.12.